The minimum absolute atomic E-state index is 0.0138. The van der Waals surface area contributed by atoms with Gasteiger partial charge in [-0.15, -0.1) is 0 Å². The Morgan fingerprint density at radius 2 is 0.923 bits per heavy atom. The van der Waals surface area contributed by atoms with Crippen molar-refractivity contribution in [2.24, 2.45) is 0 Å². The van der Waals surface area contributed by atoms with E-state index in [9.17, 15) is 0 Å². The molecule has 0 unspecified atom stereocenters. The molecule has 2 aliphatic carbocycles. The average Bonchev–Trinajstić information content (AvgIpc) is 3.74. The third-order valence-corrected chi connectivity index (χ3v) is 39.9. The van der Waals surface area contributed by atoms with Crippen molar-refractivity contribution in [2.45, 2.75) is 73.6 Å². The van der Waals surface area contributed by atoms with Crippen LogP contribution in [-0.2, 0) is 26.5 Å². The molecule has 0 fully saturated rings. The third-order valence-electron chi connectivity index (χ3n) is 11.8. The normalized spacial score (nSPS) is 15.1. The number of aryl methyl sites for hydroxylation is 2. The number of hydrogen-bond donors (Lipinski definition) is 0. The summed E-state index contributed by atoms with van der Waals surface area (Å²) in [6.45, 7) is 18.5. The van der Waals surface area contributed by atoms with Crippen LogP contribution >= 0.6 is 17.2 Å². The Bertz CT molecular complexity index is 2420. The first-order valence-electron chi connectivity index (χ1n) is 18.6. The van der Waals surface area contributed by atoms with Crippen molar-refractivity contribution in [1.82, 2.24) is 0 Å². The van der Waals surface area contributed by atoms with Crippen molar-refractivity contribution in [1.29, 1.82) is 0 Å². The van der Waals surface area contributed by atoms with E-state index in [0.29, 0.717) is 0 Å². The predicted molar refractivity (Wildman–Crippen MR) is 225 cm³/mol. The number of allylic oxidation sites excluding steroid dienone is 4. The van der Waals surface area contributed by atoms with Gasteiger partial charge in [-0.25, -0.2) is 0 Å². The van der Waals surface area contributed by atoms with Gasteiger partial charge in [0, 0.05) is 0 Å². The zero-order chi connectivity index (χ0) is 36.8. The number of benzene rings is 6. The number of halogens is 2. The zero-order valence-electron chi connectivity index (χ0n) is 31.6. The molecule has 0 atom stereocenters. The summed E-state index contributed by atoms with van der Waals surface area (Å²) in [4.78, 5) is 0. The molecule has 0 amide bonds. The van der Waals surface area contributed by atoms with Gasteiger partial charge >= 0.3 is 320 Å². The molecule has 8 rings (SSSR count). The van der Waals surface area contributed by atoms with Gasteiger partial charge in [0.2, 0.25) is 0 Å². The van der Waals surface area contributed by atoms with Gasteiger partial charge in [-0.1, -0.05) is 0 Å². The third kappa shape index (κ3) is 5.61. The van der Waals surface area contributed by atoms with E-state index in [1.807, 2.05) is 0 Å². The Hall–Kier alpha value is -3.36. The van der Waals surface area contributed by atoms with Gasteiger partial charge in [0.05, 0.1) is 0 Å². The SMILES string of the molecule is Cc1cc2c(cc1C(C)(C)C)-c1cc(C(C)(C)C)c(C)cc1[CH]2[Hf]([Cl])([Cl])(=[C](c1ccc2ccccc2c1)c1ccc2ccccc2c1)[CH]1C=CC=C1. The standard InChI is InChI=1S/C23H29.C21H14.C5H5.2ClH.Hf/c1-14-9-16-11-17-10-15(2)21(23(6,7)8)13-19(17)18(16)12-20(14)22(3,4)5;1-3-7-20-14-16(9-11-18(20)5-1)13-17-10-12-19-6-2-4-8-21(19)15-17;1-2-4-5-3-1;;;/h9-13H,1-8H3;1-12,14-15H;1-5H;2*1H;/q;;;;;+2/p-2. The fraction of sp³-hybridized carbons (Fsp3) is 0.245. The molecule has 3 heteroatoms. The molecule has 0 bridgehead atoms. The predicted octanol–water partition coefficient (Wildman–Crippen LogP) is 14.5. The molecular formula is C49H48Cl2Hf. The molecule has 0 aliphatic heterocycles. The molecule has 6 aromatic carbocycles. The molecule has 0 N–H and O–H groups in total. The second kappa shape index (κ2) is 12.3. The zero-order valence-corrected chi connectivity index (χ0v) is 36.7. The first-order chi connectivity index (χ1) is 24.5. The van der Waals surface area contributed by atoms with Gasteiger partial charge in [-0.3, -0.25) is 0 Å². The molecule has 0 radical (unpaired) electrons. The first kappa shape index (κ1) is 35.7. The molecule has 262 valence electrons. The summed E-state index contributed by atoms with van der Waals surface area (Å²) in [5.41, 5.74) is 12.6. The van der Waals surface area contributed by atoms with Crippen molar-refractivity contribution in [3.8, 4) is 11.1 Å². The van der Waals surface area contributed by atoms with Gasteiger partial charge < -0.3 is 0 Å². The summed E-state index contributed by atoms with van der Waals surface area (Å²) in [6.07, 6.45) is 8.90. The van der Waals surface area contributed by atoms with E-state index in [4.69, 9.17) is 17.2 Å². The Balaban J connectivity index is 1.59. The first-order valence-corrected chi connectivity index (χ1v) is 33.5. The maximum absolute atomic E-state index is 9.01. The van der Waals surface area contributed by atoms with Crippen LogP contribution in [0.1, 0.15) is 89.7 Å². The molecule has 2 aliphatic rings. The summed E-state index contributed by atoms with van der Waals surface area (Å²) >= 11 is -5.74. The second-order valence-electron chi connectivity index (χ2n) is 17.4. The number of fused-ring (bicyclic) bond motifs is 5. The molecule has 0 saturated heterocycles. The Kier molecular flexibility index (Phi) is 8.46. The van der Waals surface area contributed by atoms with E-state index >= 15 is 0 Å². The van der Waals surface area contributed by atoms with Gasteiger partial charge in [0.1, 0.15) is 0 Å². The van der Waals surface area contributed by atoms with Crippen LogP contribution in [0.5, 0.6) is 0 Å². The Morgan fingerprint density at radius 1 is 0.519 bits per heavy atom. The van der Waals surface area contributed by atoms with Gasteiger partial charge in [0.15, 0.2) is 0 Å². The van der Waals surface area contributed by atoms with Crippen molar-refractivity contribution in [2.75, 3.05) is 0 Å². The Labute approximate surface area is 317 Å². The summed E-state index contributed by atoms with van der Waals surface area (Å²) in [6, 6.07) is 40.8. The van der Waals surface area contributed by atoms with Gasteiger partial charge in [-0.05, 0) is 0 Å². The van der Waals surface area contributed by atoms with Crippen LogP contribution in [0, 0.1) is 13.8 Å². The molecule has 0 saturated carbocycles. The van der Waals surface area contributed by atoms with E-state index in [-0.39, 0.29) is 18.2 Å². The minimum atomic E-state index is -5.74. The fourth-order valence-corrected chi connectivity index (χ4v) is 37.1. The maximum atomic E-state index is 9.01. The molecule has 52 heavy (non-hydrogen) atoms. The molecule has 0 heterocycles. The van der Waals surface area contributed by atoms with E-state index < -0.39 is 15.7 Å². The van der Waals surface area contributed by atoms with Crippen molar-refractivity contribution in [3.05, 3.63) is 178 Å². The second-order valence-corrected chi connectivity index (χ2v) is 46.8. The average molecular weight is 886 g/mol. The van der Waals surface area contributed by atoms with Gasteiger partial charge in [-0.2, -0.15) is 0 Å². The van der Waals surface area contributed by atoms with Crippen molar-refractivity contribution in [3.63, 3.8) is 0 Å². The number of rotatable bonds is 4. The van der Waals surface area contributed by atoms with Crippen LogP contribution in [0.2, 0.25) is 3.67 Å². The topological polar surface area (TPSA) is 0 Å². The summed E-state index contributed by atoms with van der Waals surface area (Å²) < 4.78 is 0.857. The van der Waals surface area contributed by atoms with Crippen LogP contribution in [0.25, 0.3) is 32.7 Å². The van der Waals surface area contributed by atoms with E-state index in [0.717, 1.165) is 14.4 Å². The van der Waals surface area contributed by atoms with Crippen LogP contribution in [0.3, 0.4) is 0 Å². The summed E-state index contributed by atoms with van der Waals surface area (Å²) in [5.74, 6) is 0. The molecule has 0 spiro atoms. The fourth-order valence-electron chi connectivity index (χ4n) is 9.45. The summed E-state index contributed by atoms with van der Waals surface area (Å²) in [7, 11) is 18.0. The monoisotopic (exact) mass is 886 g/mol. The quantitative estimate of drug-likeness (QED) is 0.155. The molecular weight excluding hydrogens is 838 g/mol. The molecule has 0 aromatic heterocycles. The van der Waals surface area contributed by atoms with Crippen molar-refractivity contribution < 1.29 is 15.7 Å². The summed E-state index contributed by atoms with van der Waals surface area (Å²) in [5, 5.41) is 4.78. The van der Waals surface area contributed by atoms with Crippen LogP contribution in [-0.4, -0.2) is 3.26 Å². The van der Waals surface area contributed by atoms with E-state index in [1.54, 1.807) is 0 Å². The van der Waals surface area contributed by atoms with E-state index in [1.165, 1.54) is 66.1 Å². The van der Waals surface area contributed by atoms with Crippen molar-refractivity contribution >= 4 is 42.0 Å². The van der Waals surface area contributed by atoms with Crippen LogP contribution in [0.4, 0.5) is 0 Å². The number of hydrogen-bond acceptors (Lipinski definition) is 0. The van der Waals surface area contributed by atoms with E-state index in [2.05, 4.69) is 189 Å². The van der Waals surface area contributed by atoms with Gasteiger partial charge in [0.25, 0.3) is 0 Å². The Morgan fingerprint density at radius 3 is 1.33 bits per heavy atom. The van der Waals surface area contributed by atoms with Crippen LogP contribution in [0.15, 0.2) is 133 Å². The molecule has 0 nitrogen and oxygen atoms in total. The van der Waals surface area contributed by atoms with Crippen LogP contribution < -0.4 is 0 Å². The molecule has 6 aromatic rings.